The summed E-state index contributed by atoms with van der Waals surface area (Å²) in [6.07, 6.45) is 11.7. The van der Waals surface area contributed by atoms with Crippen LogP contribution >= 0.6 is 0 Å². The SMILES string of the molecule is CCCNC(=O)NC(C1CCCC1)C1CCCC1. The lowest BCUT2D eigenvalue weighted by atomic mass is 9.86. The van der Waals surface area contributed by atoms with Gasteiger partial charge in [-0.25, -0.2) is 4.79 Å². The third-order valence-corrected chi connectivity index (χ3v) is 4.65. The number of carbonyl (C=O) groups excluding carboxylic acids is 1. The van der Waals surface area contributed by atoms with Crippen molar-refractivity contribution in [1.82, 2.24) is 10.6 Å². The highest BCUT2D eigenvalue weighted by molar-refractivity contribution is 5.74. The van der Waals surface area contributed by atoms with Gasteiger partial charge in [-0.1, -0.05) is 32.6 Å². The quantitative estimate of drug-likeness (QED) is 0.773. The van der Waals surface area contributed by atoms with Gasteiger partial charge < -0.3 is 10.6 Å². The molecule has 0 aliphatic heterocycles. The second-order valence-corrected chi connectivity index (χ2v) is 6.02. The van der Waals surface area contributed by atoms with Gasteiger partial charge in [0.2, 0.25) is 0 Å². The van der Waals surface area contributed by atoms with Gasteiger partial charge in [-0.3, -0.25) is 0 Å². The maximum Gasteiger partial charge on any atom is 0.315 e. The zero-order chi connectivity index (χ0) is 12.8. The second kappa shape index (κ2) is 7.01. The van der Waals surface area contributed by atoms with Crippen molar-refractivity contribution >= 4 is 6.03 Å². The van der Waals surface area contributed by atoms with Crippen LogP contribution in [0.1, 0.15) is 64.7 Å². The Morgan fingerprint density at radius 2 is 1.56 bits per heavy atom. The minimum atomic E-state index is 0.0562. The summed E-state index contributed by atoms with van der Waals surface area (Å²) >= 11 is 0. The molecule has 0 aromatic heterocycles. The lowest BCUT2D eigenvalue weighted by molar-refractivity contribution is 0.215. The molecular formula is C15H28N2O. The summed E-state index contributed by atoms with van der Waals surface area (Å²) in [6, 6.07) is 0.493. The van der Waals surface area contributed by atoms with Crippen molar-refractivity contribution in [3.63, 3.8) is 0 Å². The molecule has 3 heteroatoms. The molecule has 2 fully saturated rings. The van der Waals surface area contributed by atoms with Crippen LogP contribution in [0.5, 0.6) is 0 Å². The number of nitrogens with one attached hydrogen (secondary N) is 2. The lowest BCUT2D eigenvalue weighted by Gasteiger charge is -2.30. The van der Waals surface area contributed by atoms with E-state index in [1.165, 1.54) is 51.4 Å². The Morgan fingerprint density at radius 1 is 1.06 bits per heavy atom. The molecule has 104 valence electrons. The van der Waals surface area contributed by atoms with Crippen LogP contribution in [0.25, 0.3) is 0 Å². The van der Waals surface area contributed by atoms with E-state index in [1.807, 2.05) is 0 Å². The van der Waals surface area contributed by atoms with E-state index in [-0.39, 0.29) is 6.03 Å². The Labute approximate surface area is 111 Å². The summed E-state index contributed by atoms with van der Waals surface area (Å²) < 4.78 is 0. The largest absolute Gasteiger partial charge is 0.338 e. The fourth-order valence-electron chi connectivity index (χ4n) is 3.69. The molecule has 0 heterocycles. The fraction of sp³-hybridized carbons (Fsp3) is 0.933. The van der Waals surface area contributed by atoms with Crippen molar-refractivity contribution in [2.45, 2.75) is 70.8 Å². The van der Waals surface area contributed by atoms with E-state index in [9.17, 15) is 4.79 Å². The summed E-state index contributed by atoms with van der Waals surface area (Å²) in [5.41, 5.74) is 0. The predicted molar refractivity (Wildman–Crippen MR) is 74.5 cm³/mol. The van der Waals surface area contributed by atoms with Crippen LogP contribution in [0.15, 0.2) is 0 Å². The Balaban J connectivity index is 1.88. The first-order valence-corrected chi connectivity index (χ1v) is 7.85. The molecule has 2 aliphatic carbocycles. The van der Waals surface area contributed by atoms with Gasteiger partial charge in [-0.15, -0.1) is 0 Å². The molecule has 0 aromatic rings. The summed E-state index contributed by atoms with van der Waals surface area (Å²) in [6.45, 7) is 2.87. The summed E-state index contributed by atoms with van der Waals surface area (Å²) in [5.74, 6) is 1.47. The standard InChI is InChI=1S/C15H28N2O/c1-2-11-16-15(18)17-14(12-7-3-4-8-12)13-9-5-6-10-13/h12-14H,2-11H2,1H3,(H2,16,17,18). The highest BCUT2D eigenvalue weighted by atomic mass is 16.2. The van der Waals surface area contributed by atoms with Gasteiger partial charge in [-0.2, -0.15) is 0 Å². The van der Waals surface area contributed by atoms with Crippen molar-refractivity contribution < 1.29 is 4.79 Å². The Bertz CT molecular complexity index is 239. The van der Waals surface area contributed by atoms with E-state index in [2.05, 4.69) is 17.6 Å². The first-order chi connectivity index (χ1) is 8.81. The molecule has 0 spiro atoms. The molecule has 2 rings (SSSR count). The molecule has 3 nitrogen and oxygen atoms in total. The summed E-state index contributed by atoms with van der Waals surface area (Å²) in [4.78, 5) is 11.9. The molecule has 2 aliphatic rings. The molecule has 0 atom stereocenters. The second-order valence-electron chi connectivity index (χ2n) is 6.02. The van der Waals surface area contributed by atoms with Gasteiger partial charge in [0.15, 0.2) is 0 Å². The van der Waals surface area contributed by atoms with Gasteiger partial charge in [-0.05, 0) is 43.9 Å². The molecule has 2 N–H and O–H groups in total. The number of hydrogen-bond acceptors (Lipinski definition) is 1. The Morgan fingerprint density at radius 3 is 2.00 bits per heavy atom. The Kier molecular flexibility index (Phi) is 5.33. The number of urea groups is 1. The molecule has 18 heavy (non-hydrogen) atoms. The molecular weight excluding hydrogens is 224 g/mol. The van der Waals surface area contributed by atoms with Crippen molar-refractivity contribution in [1.29, 1.82) is 0 Å². The first-order valence-electron chi connectivity index (χ1n) is 7.85. The van der Waals surface area contributed by atoms with Crippen LogP contribution in [-0.4, -0.2) is 18.6 Å². The van der Waals surface area contributed by atoms with E-state index in [0.717, 1.165) is 24.8 Å². The van der Waals surface area contributed by atoms with Gasteiger partial charge in [0.1, 0.15) is 0 Å². The zero-order valence-electron chi connectivity index (χ0n) is 11.7. The minimum Gasteiger partial charge on any atom is -0.338 e. The van der Waals surface area contributed by atoms with Crippen molar-refractivity contribution in [3.05, 3.63) is 0 Å². The highest BCUT2D eigenvalue weighted by Gasteiger charge is 2.33. The molecule has 0 aromatic carbocycles. The van der Waals surface area contributed by atoms with Crippen molar-refractivity contribution in [2.24, 2.45) is 11.8 Å². The van der Waals surface area contributed by atoms with Crippen LogP contribution in [0.3, 0.4) is 0 Å². The van der Waals surface area contributed by atoms with Crippen LogP contribution in [-0.2, 0) is 0 Å². The average Bonchev–Trinajstić information content (AvgIpc) is 3.05. The molecule has 0 saturated heterocycles. The third kappa shape index (κ3) is 3.63. The fourth-order valence-corrected chi connectivity index (χ4v) is 3.69. The van der Waals surface area contributed by atoms with Crippen molar-refractivity contribution in [2.75, 3.05) is 6.54 Å². The van der Waals surface area contributed by atoms with Crippen LogP contribution in [0.2, 0.25) is 0 Å². The van der Waals surface area contributed by atoms with Crippen LogP contribution in [0, 0.1) is 11.8 Å². The van der Waals surface area contributed by atoms with E-state index in [0.29, 0.717) is 6.04 Å². The number of amides is 2. The number of rotatable bonds is 5. The monoisotopic (exact) mass is 252 g/mol. The molecule has 0 unspecified atom stereocenters. The maximum atomic E-state index is 11.9. The molecule has 2 amide bonds. The van der Waals surface area contributed by atoms with Gasteiger partial charge in [0, 0.05) is 12.6 Å². The van der Waals surface area contributed by atoms with Crippen LogP contribution < -0.4 is 10.6 Å². The molecule has 0 bridgehead atoms. The van der Waals surface area contributed by atoms with Crippen molar-refractivity contribution in [3.8, 4) is 0 Å². The third-order valence-electron chi connectivity index (χ3n) is 4.65. The normalized spacial score (nSPS) is 21.7. The smallest absolute Gasteiger partial charge is 0.315 e. The van der Waals surface area contributed by atoms with Gasteiger partial charge in [0.25, 0.3) is 0 Å². The van der Waals surface area contributed by atoms with E-state index >= 15 is 0 Å². The summed E-state index contributed by atoms with van der Waals surface area (Å²) in [7, 11) is 0. The van der Waals surface area contributed by atoms with Gasteiger partial charge in [0.05, 0.1) is 0 Å². The van der Waals surface area contributed by atoms with E-state index in [1.54, 1.807) is 0 Å². The topological polar surface area (TPSA) is 41.1 Å². The maximum absolute atomic E-state index is 11.9. The predicted octanol–water partition coefficient (Wildman–Crippen LogP) is 3.44. The average molecular weight is 252 g/mol. The number of carbonyl (C=O) groups is 1. The van der Waals surface area contributed by atoms with E-state index in [4.69, 9.17) is 0 Å². The lowest BCUT2D eigenvalue weighted by Crippen LogP contribution is -2.48. The highest BCUT2D eigenvalue weighted by Crippen LogP contribution is 2.37. The molecule has 0 radical (unpaired) electrons. The Hall–Kier alpha value is -0.730. The zero-order valence-corrected chi connectivity index (χ0v) is 11.7. The minimum absolute atomic E-state index is 0.0562. The van der Waals surface area contributed by atoms with Gasteiger partial charge >= 0.3 is 6.03 Å². The van der Waals surface area contributed by atoms with Crippen LogP contribution in [0.4, 0.5) is 4.79 Å². The summed E-state index contributed by atoms with van der Waals surface area (Å²) in [5, 5.41) is 6.25. The first kappa shape index (κ1) is 13.7. The number of hydrogen-bond donors (Lipinski definition) is 2. The molecule has 2 saturated carbocycles. The van der Waals surface area contributed by atoms with E-state index < -0.39 is 0 Å².